The zero-order chi connectivity index (χ0) is 20.7. The maximum Gasteiger partial charge on any atom is 0.433 e. The number of primary sulfonamides is 1. The second kappa shape index (κ2) is 7.23. The topological polar surface area (TPSA) is 81.8 Å². The molecule has 5 nitrogen and oxygen atoms in total. The molecule has 1 aliphatic rings. The van der Waals surface area contributed by atoms with Crippen molar-refractivity contribution >= 4 is 27.3 Å². The Morgan fingerprint density at radius 1 is 1.14 bits per heavy atom. The van der Waals surface area contributed by atoms with Gasteiger partial charge < -0.3 is 4.74 Å². The third-order valence-electron chi connectivity index (χ3n) is 4.17. The largest absolute Gasteiger partial charge is 0.495 e. The molecule has 0 radical (unpaired) electrons. The third-order valence-corrected chi connectivity index (χ3v) is 5.39. The first-order valence-corrected chi connectivity index (χ1v) is 9.77. The molecule has 0 amide bonds. The highest BCUT2D eigenvalue weighted by atomic mass is 35.5. The molecule has 0 aliphatic carbocycles. The summed E-state index contributed by atoms with van der Waals surface area (Å²) in [7, 11) is -2.49. The van der Waals surface area contributed by atoms with E-state index >= 15 is 0 Å². The van der Waals surface area contributed by atoms with E-state index in [-0.39, 0.29) is 15.6 Å². The van der Waals surface area contributed by atoms with Gasteiger partial charge in [0.15, 0.2) is 0 Å². The minimum Gasteiger partial charge on any atom is -0.495 e. The van der Waals surface area contributed by atoms with Gasteiger partial charge in [-0.15, -0.1) is 0 Å². The number of methoxy groups -OCH3 is 1. The van der Waals surface area contributed by atoms with Crippen molar-refractivity contribution in [2.45, 2.75) is 17.0 Å². The van der Waals surface area contributed by atoms with Crippen LogP contribution >= 0.6 is 11.6 Å². The van der Waals surface area contributed by atoms with E-state index in [0.717, 1.165) is 6.08 Å². The van der Waals surface area contributed by atoms with Crippen molar-refractivity contribution in [1.29, 1.82) is 0 Å². The van der Waals surface area contributed by atoms with E-state index in [1.807, 2.05) is 0 Å². The summed E-state index contributed by atoms with van der Waals surface area (Å²) in [6, 6.07) is 9.85. The highest BCUT2D eigenvalue weighted by Crippen LogP contribution is 2.39. The average Bonchev–Trinajstić information content (AvgIpc) is 3.07. The van der Waals surface area contributed by atoms with E-state index in [4.69, 9.17) is 21.5 Å². The van der Waals surface area contributed by atoms with Crippen LogP contribution < -0.4 is 9.88 Å². The molecule has 148 valence electrons. The lowest BCUT2D eigenvalue weighted by atomic mass is 9.91. The molecular weight excluding hydrogens is 417 g/mol. The van der Waals surface area contributed by atoms with E-state index in [1.54, 1.807) is 6.07 Å². The lowest BCUT2D eigenvalue weighted by Gasteiger charge is -2.14. The summed E-state index contributed by atoms with van der Waals surface area (Å²) >= 11 is 6.10. The first-order chi connectivity index (χ1) is 13.0. The Morgan fingerprint density at radius 2 is 1.79 bits per heavy atom. The minimum atomic E-state index is -4.63. The lowest BCUT2D eigenvalue weighted by molar-refractivity contribution is -0.0921. The van der Waals surface area contributed by atoms with Crippen LogP contribution in [0, 0.1) is 0 Å². The highest BCUT2D eigenvalue weighted by Gasteiger charge is 2.39. The number of benzene rings is 2. The molecule has 0 saturated carbocycles. The summed E-state index contributed by atoms with van der Waals surface area (Å²) < 4.78 is 67.6. The fourth-order valence-corrected chi connectivity index (χ4v) is 3.59. The second-order valence-electron chi connectivity index (χ2n) is 5.99. The van der Waals surface area contributed by atoms with Gasteiger partial charge >= 0.3 is 6.18 Å². The van der Waals surface area contributed by atoms with Crippen molar-refractivity contribution in [3.8, 4) is 5.75 Å². The number of halogens is 4. The van der Waals surface area contributed by atoms with Crippen LogP contribution in [0.1, 0.15) is 17.0 Å². The number of allylic oxidation sites excluding steroid dienone is 2. The normalized spacial score (nSPS) is 17.3. The molecule has 1 atom stereocenters. The van der Waals surface area contributed by atoms with E-state index in [1.165, 1.54) is 43.5 Å². The minimum absolute atomic E-state index is 0.139. The maximum atomic E-state index is 13.2. The van der Waals surface area contributed by atoms with Gasteiger partial charge in [-0.1, -0.05) is 23.7 Å². The maximum absolute atomic E-state index is 13.2. The number of hydrogen-bond donors (Lipinski definition) is 1. The summed E-state index contributed by atoms with van der Waals surface area (Å²) in [6.07, 6.45) is -3.64. The Balaban J connectivity index is 2.08. The van der Waals surface area contributed by atoms with Gasteiger partial charge in [-0.05, 0) is 47.5 Å². The second-order valence-corrected chi connectivity index (χ2v) is 7.96. The highest BCUT2D eigenvalue weighted by molar-refractivity contribution is 7.89. The number of nitrogens with zero attached hydrogens (tertiary/aromatic N) is 1. The average molecular weight is 431 g/mol. The smallest absolute Gasteiger partial charge is 0.433 e. The van der Waals surface area contributed by atoms with Gasteiger partial charge in [-0.2, -0.15) is 13.2 Å². The molecular formula is C18H14ClF3N2O3S. The van der Waals surface area contributed by atoms with E-state index in [9.17, 15) is 21.6 Å². The number of rotatable bonds is 4. The predicted octanol–water partition coefficient (Wildman–Crippen LogP) is 4.03. The van der Waals surface area contributed by atoms with Gasteiger partial charge in [0.2, 0.25) is 10.0 Å². The number of hydrogen-bond acceptors (Lipinski definition) is 4. The SMILES string of the molecule is COc1ccc(C2=NC(C(F)(F)F)=CC2c2ccc(S(N)(=O)=O)cc2)cc1Cl. The molecule has 0 saturated heterocycles. The molecule has 0 spiro atoms. The van der Waals surface area contributed by atoms with Crippen LogP contribution in [-0.4, -0.2) is 27.4 Å². The van der Waals surface area contributed by atoms with E-state index in [2.05, 4.69) is 4.99 Å². The molecule has 3 rings (SSSR count). The van der Waals surface area contributed by atoms with Crippen molar-refractivity contribution in [3.63, 3.8) is 0 Å². The van der Waals surface area contributed by atoms with Crippen LogP contribution in [0.5, 0.6) is 5.75 Å². The van der Waals surface area contributed by atoms with Crippen LogP contribution in [0.4, 0.5) is 13.2 Å². The summed E-state index contributed by atoms with van der Waals surface area (Å²) in [5, 5.41) is 5.29. The Kier molecular flexibility index (Phi) is 5.26. The molecule has 2 N–H and O–H groups in total. The molecule has 1 unspecified atom stereocenters. The molecule has 0 bridgehead atoms. The van der Waals surface area contributed by atoms with Gasteiger partial charge in [0, 0.05) is 5.92 Å². The number of nitrogens with two attached hydrogens (primary N) is 1. The molecule has 1 aliphatic heterocycles. The third kappa shape index (κ3) is 4.06. The van der Waals surface area contributed by atoms with Crippen LogP contribution in [0.15, 0.2) is 64.1 Å². The summed E-state index contributed by atoms with van der Waals surface area (Å²) in [5.74, 6) is -0.460. The molecule has 2 aromatic carbocycles. The molecule has 0 aromatic heterocycles. The van der Waals surface area contributed by atoms with Crippen LogP contribution in [0.3, 0.4) is 0 Å². The zero-order valence-electron chi connectivity index (χ0n) is 14.4. The first kappa shape index (κ1) is 20.4. The Bertz CT molecular complexity index is 1080. The Hall–Kier alpha value is -2.36. The quantitative estimate of drug-likeness (QED) is 0.795. The number of sulfonamides is 1. The first-order valence-electron chi connectivity index (χ1n) is 7.85. The molecule has 28 heavy (non-hydrogen) atoms. The summed E-state index contributed by atoms with van der Waals surface area (Å²) in [4.78, 5) is 3.63. The van der Waals surface area contributed by atoms with Crippen LogP contribution in [0.25, 0.3) is 0 Å². The van der Waals surface area contributed by atoms with Crippen molar-refractivity contribution < 1.29 is 26.3 Å². The summed E-state index contributed by atoms with van der Waals surface area (Å²) in [6.45, 7) is 0. The monoisotopic (exact) mass is 430 g/mol. The summed E-state index contributed by atoms with van der Waals surface area (Å²) in [5.41, 5.74) is -0.0747. The van der Waals surface area contributed by atoms with Gasteiger partial charge in [-0.25, -0.2) is 18.5 Å². The van der Waals surface area contributed by atoms with Gasteiger partial charge in [0.05, 0.1) is 22.7 Å². The van der Waals surface area contributed by atoms with Crippen molar-refractivity contribution in [3.05, 3.63) is 70.4 Å². The number of ether oxygens (including phenoxy) is 1. The Morgan fingerprint density at radius 3 is 2.29 bits per heavy atom. The van der Waals surface area contributed by atoms with Crippen LogP contribution in [0.2, 0.25) is 5.02 Å². The van der Waals surface area contributed by atoms with E-state index in [0.29, 0.717) is 16.9 Å². The molecule has 0 fully saturated rings. The van der Waals surface area contributed by atoms with Gasteiger partial charge in [-0.3, -0.25) is 0 Å². The fourth-order valence-electron chi connectivity index (χ4n) is 2.82. The van der Waals surface area contributed by atoms with Crippen molar-refractivity contribution in [1.82, 2.24) is 0 Å². The van der Waals surface area contributed by atoms with Gasteiger partial charge in [0.1, 0.15) is 11.4 Å². The molecule has 10 heteroatoms. The van der Waals surface area contributed by atoms with Crippen molar-refractivity contribution in [2.75, 3.05) is 7.11 Å². The van der Waals surface area contributed by atoms with Gasteiger partial charge in [0.25, 0.3) is 0 Å². The number of alkyl halides is 3. The predicted molar refractivity (Wildman–Crippen MR) is 99.2 cm³/mol. The molecule has 2 aromatic rings. The molecule has 1 heterocycles. The van der Waals surface area contributed by atoms with Crippen LogP contribution in [-0.2, 0) is 10.0 Å². The zero-order valence-corrected chi connectivity index (χ0v) is 15.9. The Labute approximate surface area is 164 Å². The number of aliphatic imine (C=N–C) groups is 1. The van der Waals surface area contributed by atoms with E-state index < -0.39 is 27.8 Å². The van der Waals surface area contributed by atoms with Crippen molar-refractivity contribution in [2.24, 2.45) is 10.1 Å². The fraction of sp³-hybridized carbons (Fsp3) is 0.167. The lowest BCUT2D eigenvalue weighted by Crippen LogP contribution is -2.13. The standard InChI is InChI=1S/C18H14ClF3N2O3S/c1-27-15-7-4-11(8-14(15)19)17-13(9-16(24-17)18(20,21)22)10-2-5-12(6-3-10)28(23,25)26/h2-9,13H,1H3,(H2,23,25,26).